The van der Waals surface area contributed by atoms with Gasteiger partial charge in [-0.15, -0.1) is 0 Å². The summed E-state index contributed by atoms with van der Waals surface area (Å²) in [6.07, 6.45) is 0.660. The number of aromatic nitrogens is 2. The maximum absolute atomic E-state index is 13.1. The van der Waals surface area contributed by atoms with Crippen LogP contribution in [-0.2, 0) is 6.42 Å². The molecule has 0 saturated carbocycles. The van der Waals surface area contributed by atoms with Gasteiger partial charge in [0.2, 0.25) is 5.89 Å². The standard InChI is InChI=1S/C11H11BrFN3O/c1-2-9-15-11(16-17-9)10(14)6-3-4-8(13)7(12)5-6/h3-5,10H,2,14H2,1H3. The number of halogens is 2. The van der Waals surface area contributed by atoms with Crippen molar-refractivity contribution in [3.63, 3.8) is 0 Å². The molecule has 0 bridgehead atoms. The fourth-order valence-electron chi connectivity index (χ4n) is 1.39. The third kappa shape index (κ3) is 2.53. The first-order valence-electron chi connectivity index (χ1n) is 5.14. The first kappa shape index (κ1) is 12.2. The lowest BCUT2D eigenvalue weighted by molar-refractivity contribution is 0.375. The van der Waals surface area contributed by atoms with Gasteiger partial charge in [-0.25, -0.2) is 4.39 Å². The average Bonchev–Trinajstić information content (AvgIpc) is 2.80. The van der Waals surface area contributed by atoms with Gasteiger partial charge < -0.3 is 10.3 Å². The van der Waals surface area contributed by atoms with Crippen molar-refractivity contribution in [2.75, 3.05) is 0 Å². The molecule has 1 heterocycles. The van der Waals surface area contributed by atoms with Gasteiger partial charge in [-0.3, -0.25) is 0 Å². The number of hydrogen-bond acceptors (Lipinski definition) is 4. The van der Waals surface area contributed by atoms with Gasteiger partial charge in [0.1, 0.15) is 5.82 Å². The molecule has 0 saturated heterocycles. The number of hydrogen-bond donors (Lipinski definition) is 1. The van der Waals surface area contributed by atoms with Crippen LogP contribution in [0.15, 0.2) is 27.2 Å². The summed E-state index contributed by atoms with van der Waals surface area (Å²) in [5.74, 6) is 0.611. The molecule has 2 aromatic rings. The van der Waals surface area contributed by atoms with Crippen molar-refractivity contribution in [1.82, 2.24) is 10.1 Å². The predicted octanol–water partition coefficient (Wildman–Crippen LogP) is 2.58. The van der Waals surface area contributed by atoms with Crippen LogP contribution in [0.5, 0.6) is 0 Å². The molecule has 0 radical (unpaired) electrons. The number of nitrogens with zero attached hydrogens (tertiary/aromatic N) is 2. The normalized spacial score (nSPS) is 12.7. The van der Waals surface area contributed by atoms with Gasteiger partial charge in [-0.05, 0) is 33.6 Å². The zero-order valence-electron chi connectivity index (χ0n) is 9.15. The summed E-state index contributed by atoms with van der Waals surface area (Å²) in [6.45, 7) is 1.91. The molecular weight excluding hydrogens is 289 g/mol. The van der Waals surface area contributed by atoms with Gasteiger partial charge in [-0.1, -0.05) is 18.1 Å². The summed E-state index contributed by atoms with van der Waals surface area (Å²) >= 11 is 3.11. The molecule has 1 unspecified atom stereocenters. The zero-order chi connectivity index (χ0) is 12.4. The first-order valence-corrected chi connectivity index (χ1v) is 5.94. The Hall–Kier alpha value is -1.27. The van der Waals surface area contributed by atoms with Crippen molar-refractivity contribution in [3.05, 3.63) is 45.8 Å². The van der Waals surface area contributed by atoms with Gasteiger partial charge in [-0.2, -0.15) is 4.98 Å². The Balaban J connectivity index is 2.29. The van der Waals surface area contributed by atoms with E-state index in [9.17, 15) is 4.39 Å². The van der Waals surface area contributed by atoms with Crippen LogP contribution in [0, 0.1) is 5.82 Å². The van der Waals surface area contributed by atoms with Crippen molar-refractivity contribution in [3.8, 4) is 0 Å². The highest BCUT2D eigenvalue weighted by Crippen LogP contribution is 2.23. The third-order valence-electron chi connectivity index (χ3n) is 2.37. The molecular formula is C11H11BrFN3O. The number of benzene rings is 1. The van der Waals surface area contributed by atoms with Crippen molar-refractivity contribution in [2.45, 2.75) is 19.4 Å². The average molecular weight is 300 g/mol. The topological polar surface area (TPSA) is 64.9 Å². The molecule has 0 spiro atoms. The highest BCUT2D eigenvalue weighted by atomic mass is 79.9. The van der Waals surface area contributed by atoms with Crippen LogP contribution in [-0.4, -0.2) is 10.1 Å². The van der Waals surface area contributed by atoms with Crippen LogP contribution in [0.4, 0.5) is 4.39 Å². The van der Waals surface area contributed by atoms with E-state index in [2.05, 4.69) is 26.1 Å². The quantitative estimate of drug-likeness (QED) is 0.946. The molecule has 6 heteroatoms. The summed E-state index contributed by atoms with van der Waals surface area (Å²) in [5, 5.41) is 3.80. The fourth-order valence-corrected chi connectivity index (χ4v) is 1.79. The number of aryl methyl sites for hydroxylation is 1. The minimum atomic E-state index is -0.518. The van der Waals surface area contributed by atoms with Crippen LogP contribution in [0.3, 0.4) is 0 Å². The van der Waals surface area contributed by atoms with Crippen LogP contribution in [0.25, 0.3) is 0 Å². The summed E-state index contributed by atoms with van der Waals surface area (Å²) in [7, 11) is 0. The summed E-state index contributed by atoms with van der Waals surface area (Å²) in [5.41, 5.74) is 6.70. The molecule has 0 fully saturated rings. The molecule has 4 nitrogen and oxygen atoms in total. The molecule has 2 rings (SSSR count). The van der Waals surface area contributed by atoms with Crippen molar-refractivity contribution in [2.24, 2.45) is 5.73 Å². The Bertz CT molecular complexity index is 529. The van der Waals surface area contributed by atoms with E-state index in [-0.39, 0.29) is 5.82 Å². The summed E-state index contributed by atoms with van der Waals surface area (Å²) in [4.78, 5) is 4.15. The van der Waals surface area contributed by atoms with Crippen molar-refractivity contribution in [1.29, 1.82) is 0 Å². The van der Waals surface area contributed by atoms with E-state index in [1.807, 2.05) is 6.92 Å². The van der Waals surface area contributed by atoms with Crippen LogP contribution in [0.1, 0.15) is 30.2 Å². The van der Waals surface area contributed by atoms with E-state index < -0.39 is 6.04 Å². The Morgan fingerprint density at radius 3 is 2.88 bits per heavy atom. The highest BCUT2D eigenvalue weighted by Gasteiger charge is 2.16. The second kappa shape index (κ2) is 4.93. The van der Waals surface area contributed by atoms with Crippen molar-refractivity contribution < 1.29 is 8.91 Å². The van der Waals surface area contributed by atoms with E-state index in [4.69, 9.17) is 10.3 Å². The molecule has 1 atom stereocenters. The second-order valence-corrected chi connectivity index (χ2v) is 4.41. The summed E-state index contributed by atoms with van der Waals surface area (Å²) in [6, 6.07) is 4.05. The van der Waals surface area contributed by atoms with Gasteiger partial charge in [0.15, 0.2) is 5.82 Å². The highest BCUT2D eigenvalue weighted by molar-refractivity contribution is 9.10. The van der Waals surface area contributed by atoms with E-state index in [0.29, 0.717) is 22.6 Å². The monoisotopic (exact) mass is 299 g/mol. The summed E-state index contributed by atoms with van der Waals surface area (Å²) < 4.78 is 18.4. The van der Waals surface area contributed by atoms with E-state index in [0.717, 1.165) is 5.56 Å². The van der Waals surface area contributed by atoms with E-state index in [1.54, 1.807) is 12.1 Å². The lowest BCUT2D eigenvalue weighted by atomic mass is 10.1. The molecule has 17 heavy (non-hydrogen) atoms. The lowest BCUT2D eigenvalue weighted by Gasteiger charge is -2.07. The van der Waals surface area contributed by atoms with Gasteiger partial charge in [0.05, 0.1) is 10.5 Å². The number of nitrogens with two attached hydrogens (primary N) is 1. The van der Waals surface area contributed by atoms with Gasteiger partial charge in [0.25, 0.3) is 0 Å². The Labute approximate surface area is 106 Å². The maximum atomic E-state index is 13.1. The van der Waals surface area contributed by atoms with E-state index in [1.165, 1.54) is 6.07 Å². The van der Waals surface area contributed by atoms with E-state index >= 15 is 0 Å². The Morgan fingerprint density at radius 2 is 2.29 bits per heavy atom. The van der Waals surface area contributed by atoms with Gasteiger partial charge in [0, 0.05) is 6.42 Å². The molecule has 0 amide bonds. The third-order valence-corrected chi connectivity index (χ3v) is 2.97. The largest absolute Gasteiger partial charge is 0.339 e. The minimum absolute atomic E-state index is 0.330. The lowest BCUT2D eigenvalue weighted by Crippen LogP contribution is -2.13. The fraction of sp³-hybridized carbons (Fsp3) is 0.273. The maximum Gasteiger partial charge on any atom is 0.226 e. The smallest absolute Gasteiger partial charge is 0.226 e. The minimum Gasteiger partial charge on any atom is -0.339 e. The molecule has 1 aromatic carbocycles. The Kier molecular flexibility index (Phi) is 3.54. The predicted molar refractivity (Wildman–Crippen MR) is 63.8 cm³/mol. The molecule has 0 aliphatic rings. The SMILES string of the molecule is CCc1nc(C(N)c2ccc(F)c(Br)c2)no1. The zero-order valence-corrected chi connectivity index (χ0v) is 10.7. The molecule has 0 aliphatic carbocycles. The van der Waals surface area contributed by atoms with Crippen LogP contribution >= 0.6 is 15.9 Å². The van der Waals surface area contributed by atoms with Crippen LogP contribution in [0.2, 0.25) is 0 Å². The Morgan fingerprint density at radius 1 is 1.53 bits per heavy atom. The van der Waals surface area contributed by atoms with Crippen LogP contribution < -0.4 is 5.73 Å². The first-order chi connectivity index (χ1) is 8.11. The van der Waals surface area contributed by atoms with Gasteiger partial charge >= 0.3 is 0 Å². The molecule has 0 aliphatic heterocycles. The molecule has 90 valence electrons. The van der Waals surface area contributed by atoms with Crippen molar-refractivity contribution >= 4 is 15.9 Å². The molecule has 1 aromatic heterocycles. The molecule has 2 N–H and O–H groups in total. The second-order valence-electron chi connectivity index (χ2n) is 3.55. The number of rotatable bonds is 3.